The fourth-order valence-electron chi connectivity index (χ4n) is 0.886. The SMILES string of the molecule is CCOC(=O)c1cc(F)cc(F)c1. The lowest BCUT2D eigenvalue weighted by atomic mass is 10.2. The lowest BCUT2D eigenvalue weighted by Crippen LogP contribution is -2.05. The summed E-state index contributed by atoms with van der Waals surface area (Å²) >= 11 is 0. The molecule has 0 saturated heterocycles. The highest BCUT2D eigenvalue weighted by atomic mass is 19.1. The molecule has 0 aliphatic rings. The summed E-state index contributed by atoms with van der Waals surface area (Å²) < 4.78 is 29.7. The third-order valence-corrected chi connectivity index (χ3v) is 1.37. The van der Waals surface area contributed by atoms with Gasteiger partial charge in [-0.25, -0.2) is 13.6 Å². The number of halogens is 2. The third-order valence-electron chi connectivity index (χ3n) is 1.37. The second kappa shape index (κ2) is 3.98. The predicted octanol–water partition coefficient (Wildman–Crippen LogP) is 2.14. The van der Waals surface area contributed by atoms with Crippen LogP contribution in [0.25, 0.3) is 0 Å². The Balaban J connectivity index is 2.94. The molecular weight excluding hydrogens is 178 g/mol. The van der Waals surface area contributed by atoms with Gasteiger partial charge in [-0.1, -0.05) is 0 Å². The van der Waals surface area contributed by atoms with E-state index >= 15 is 0 Å². The first-order chi connectivity index (χ1) is 6.13. The van der Waals surface area contributed by atoms with E-state index in [-0.39, 0.29) is 12.2 Å². The molecule has 70 valence electrons. The van der Waals surface area contributed by atoms with Gasteiger partial charge in [-0.15, -0.1) is 0 Å². The maximum Gasteiger partial charge on any atom is 0.338 e. The summed E-state index contributed by atoms with van der Waals surface area (Å²) in [6, 6.07) is 2.56. The fourth-order valence-corrected chi connectivity index (χ4v) is 0.886. The third kappa shape index (κ3) is 2.50. The number of hydrogen-bond donors (Lipinski definition) is 0. The molecule has 0 aliphatic heterocycles. The smallest absolute Gasteiger partial charge is 0.338 e. The molecule has 0 saturated carbocycles. The van der Waals surface area contributed by atoms with E-state index in [2.05, 4.69) is 4.74 Å². The molecule has 0 unspecified atom stereocenters. The van der Waals surface area contributed by atoms with E-state index in [1.807, 2.05) is 0 Å². The van der Waals surface area contributed by atoms with Crippen molar-refractivity contribution in [2.75, 3.05) is 6.61 Å². The summed E-state index contributed by atoms with van der Waals surface area (Å²) in [5, 5.41) is 0. The van der Waals surface area contributed by atoms with E-state index in [4.69, 9.17) is 0 Å². The number of carbonyl (C=O) groups excluding carboxylic acids is 1. The molecule has 0 bridgehead atoms. The van der Waals surface area contributed by atoms with Gasteiger partial charge in [-0.2, -0.15) is 0 Å². The Labute approximate surface area is 74.1 Å². The summed E-state index contributed by atoms with van der Waals surface area (Å²) in [4.78, 5) is 11.0. The molecule has 0 amide bonds. The van der Waals surface area contributed by atoms with Crippen LogP contribution >= 0.6 is 0 Å². The van der Waals surface area contributed by atoms with Crippen LogP contribution in [-0.4, -0.2) is 12.6 Å². The van der Waals surface area contributed by atoms with Gasteiger partial charge in [0.2, 0.25) is 0 Å². The van der Waals surface area contributed by atoms with Crippen LogP contribution in [0.2, 0.25) is 0 Å². The summed E-state index contributed by atoms with van der Waals surface area (Å²) in [6.07, 6.45) is 0. The van der Waals surface area contributed by atoms with Gasteiger partial charge in [0.15, 0.2) is 0 Å². The summed E-state index contributed by atoms with van der Waals surface area (Å²) in [5.41, 5.74) is -0.112. The zero-order valence-electron chi connectivity index (χ0n) is 7.01. The number of ether oxygens (including phenoxy) is 1. The topological polar surface area (TPSA) is 26.3 Å². The molecule has 0 N–H and O–H groups in total. The van der Waals surface area contributed by atoms with Crippen LogP contribution in [0.5, 0.6) is 0 Å². The van der Waals surface area contributed by atoms with Crippen LogP contribution in [0.3, 0.4) is 0 Å². The monoisotopic (exact) mass is 186 g/mol. The molecule has 0 atom stereocenters. The number of rotatable bonds is 2. The molecule has 0 fully saturated rings. The van der Waals surface area contributed by atoms with Crippen molar-refractivity contribution in [1.82, 2.24) is 0 Å². The Morgan fingerprint density at radius 2 is 1.85 bits per heavy atom. The molecule has 0 aromatic heterocycles. The Morgan fingerprint density at radius 1 is 1.31 bits per heavy atom. The van der Waals surface area contributed by atoms with Crippen molar-refractivity contribution < 1.29 is 18.3 Å². The first-order valence-corrected chi connectivity index (χ1v) is 3.76. The van der Waals surface area contributed by atoms with Crippen LogP contribution in [0, 0.1) is 11.6 Å². The first-order valence-electron chi connectivity index (χ1n) is 3.76. The maximum atomic E-state index is 12.6. The molecule has 0 spiro atoms. The van der Waals surface area contributed by atoms with Gasteiger partial charge in [0.25, 0.3) is 0 Å². The highest BCUT2D eigenvalue weighted by molar-refractivity contribution is 5.89. The Bertz CT molecular complexity index is 303. The standard InChI is InChI=1S/C9H8F2O2/c1-2-13-9(12)6-3-7(10)5-8(11)4-6/h3-5H,2H2,1H3. The molecule has 2 nitrogen and oxygen atoms in total. The van der Waals surface area contributed by atoms with Crippen molar-refractivity contribution in [2.45, 2.75) is 6.92 Å². The van der Waals surface area contributed by atoms with E-state index in [0.717, 1.165) is 12.1 Å². The summed E-state index contributed by atoms with van der Waals surface area (Å²) in [5.74, 6) is -2.30. The van der Waals surface area contributed by atoms with Gasteiger partial charge in [-0.05, 0) is 19.1 Å². The molecule has 0 radical (unpaired) electrons. The van der Waals surface area contributed by atoms with Crippen molar-refractivity contribution in [3.8, 4) is 0 Å². The zero-order valence-corrected chi connectivity index (χ0v) is 7.01. The number of carbonyl (C=O) groups is 1. The second-order valence-corrected chi connectivity index (χ2v) is 2.38. The number of hydrogen-bond acceptors (Lipinski definition) is 2. The molecule has 1 rings (SSSR count). The molecule has 1 aromatic rings. The summed E-state index contributed by atoms with van der Waals surface area (Å²) in [6.45, 7) is 1.80. The van der Waals surface area contributed by atoms with Crippen LogP contribution in [-0.2, 0) is 4.74 Å². The van der Waals surface area contributed by atoms with Gasteiger partial charge in [-0.3, -0.25) is 0 Å². The average molecular weight is 186 g/mol. The lowest BCUT2D eigenvalue weighted by Gasteiger charge is -2.01. The molecule has 0 aliphatic carbocycles. The van der Waals surface area contributed by atoms with Crippen molar-refractivity contribution in [3.05, 3.63) is 35.4 Å². The van der Waals surface area contributed by atoms with Crippen molar-refractivity contribution in [3.63, 3.8) is 0 Å². The van der Waals surface area contributed by atoms with Crippen molar-refractivity contribution >= 4 is 5.97 Å². The molecule has 1 aromatic carbocycles. The highest BCUT2D eigenvalue weighted by Gasteiger charge is 2.09. The van der Waals surface area contributed by atoms with Gasteiger partial charge in [0.05, 0.1) is 12.2 Å². The molecule has 4 heteroatoms. The van der Waals surface area contributed by atoms with Gasteiger partial charge < -0.3 is 4.74 Å². The number of esters is 1. The van der Waals surface area contributed by atoms with E-state index in [1.165, 1.54) is 0 Å². The minimum Gasteiger partial charge on any atom is -0.462 e. The Morgan fingerprint density at radius 3 is 2.31 bits per heavy atom. The molecule has 0 heterocycles. The average Bonchev–Trinajstić information content (AvgIpc) is 2.03. The second-order valence-electron chi connectivity index (χ2n) is 2.38. The van der Waals surface area contributed by atoms with Crippen molar-refractivity contribution in [2.24, 2.45) is 0 Å². The van der Waals surface area contributed by atoms with Crippen LogP contribution in [0.4, 0.5) is 8.78 Å². The zero-order chi connectivity index (χ0) is 9.84. The minimum atomic E-state index is -0.789. The van der Waals surface area contributed by atoms with Crippen LogP contribution < -0.4 is 0 Å². The van der Waals surface area contributed by atoms with E-state index < -0.39 is 17.6 Å². The maximum absolute atomic E-state index is 12.6. The Kier molecular flexibility index (Phi) is 2.95. The molecular formula is C9H8F2O2. The Hall–Kier alpha value is -1.45. The van der Waals surface area contributed by atoms with Gasteiger partial charge in [0, 0.05) is 6.07 Å². The van der Waals surface area contributed by atoms with E-state index in [0.29, 0.717) is 6.07 Å². The van der Waals surface area contributed by atoms with Gasteiger partial charge in [0.1, 0.15) is 11.6 Å². The van der Waals surface area contributed by atoms with E-state index in [1.54, 1.807) is 6.92 Å². The normalized spacial score (nSPS) is 9.77. The van der Waals surface area contributed by atoms with Gasteiger partial charge >= 0.3 is 5.97 Å². The summed E-state index contributed by atoms with van der Waals surface area (Å²) in [7, 11) is 0. The van der Waals surface area contributed by atoms with Crippen molar-refractivity contribution in [1.29, 1.82) is 0 Å². The highest BCUT2D eigenvalue weighted by Crippen LogP contribution is 2.08. The number of benzene rings is 1. The van der Waals surface area contributed by atoms with Crippen LogP contribution in [0.15, 0.2) is 18.2 Å². The largest absolute Gasteiger partial charge is 0.462 e. The quantitative estimate of drug-likeness (QED) is 0.661. The predicted molar refractivity (Wildman–Crippen MR) is 42.3 cm³/mol. The first kappa shape index (κ1) is 9.64. The molecule has 13 heavy (non-hydrogen) atoms. The van der Waals surface area contributed by atoms with Crippen LogP contribution in [0.1, 0.15) is 17.3 Å². The lowest BCUT2D eigenvalue weighted by molar-refractivity contribution is 0.0525. The fraction of sp³-hybridized carbons (Fsp3) is 0.222. The minimum absolute atomic E-state index is 0.112. The van der Waals surface area contributed by atoms with E-state index in [9.17, 15) is 13.6 Å².